The zero-order chi connectivity index (χ0) is 17.3. The highest BCUT2D eigenvalue weighted by atomic mass is 29.3. The van der Waals surface area contributed by atoms with Crippen LogP contribution in [0.15, 0.2) is 0 Å². The maximum atomic E-state index is 6.78. The Labute approximate surface area is 140 Å². The van der Waals surface area contributed by atoms with E-state index >= 15 is 0 Å². The Bertz CT molecular complexity index is 311. The second-order valence-electron chi connectivity index (χ2n) is 6.63. The Balaban J connectivity index is 5.17. The molecule has 5 nitrogen and oxygen atoms in total. The lowest BCUT2D eigenvalue weighted by molar-refractivity contribution is 0.251. The summed E-state index contributed by atoms with van der Waals surface area (Å²) in [6.07, 6.45) is 1.97. The van der Waals surface area contributed by atoms with Gasteiger partial charge in [0.15, 0.2) is 7.83 Å². The zero-order valence-corrected chi connectivity index (χ0v) is 18.5. The lowest BCUT2D eigenvalue weighted by atomic mass is 10.5. The number of nitrogens with two attached hydrogens (primary N) is 2. The fourth-order valence-electron chi connectivity index (χ4n) is 2.83. The third kappa shape index (κ3) is 6.91. The molecular weight excluding hydrogens is 328 g/mol. The van der Waals surface area contributed by atoms with Gasteiger partial charge < -0.3 is 24.4 Å². The molecule has 4 N–H and O–H groups in total. The molecule has 0 saturated heterocycles. The highest BCUT2D eigenvalue weighted by molar-refractivity contribution is 7.37. The van der Waals surface area contributed by atoms with Gasteiger partial charge in [-0.05, 0) is 78.1 Å². The maximum Gasteiger partial charge on any atom is 0.324 e. The summed E-state index contributed by atoms with van der Waals surface area (Å²) in [6.45, 7) is 16.1. The van der Waals surface area contributed by atoms with Crippen LogP contribution < -0.4 is 11.5 Å². The van der Waals surface area contributed by atoms with Gasteiger partial charge in [-0.1, -0.05) is 0 Å². The largest absolute Gasteiger partial charge is 0.436 e. The lowest BCUT2D eigenvalue weighted by Crippen LogP contribution is -2.65. The van der Waals surface area contributed by atoms with Crippen LogP contribution >= 0.6 is 0 Å². The van der Waals surface area contributed by atoms with Gasteiger partial charge in [-0.15, -0.1) is 0 Å². The average Bonchev–Trinajstić information content (AvgIpc) is 2.43. The van der Waals surface area contributed by atoms with E-state index in [9.17, 15) is 0 Å². The smallest absolute Gasteiger partial charge is 0.324 e. The van der Waals surface area contributed by atoms with Crippen molar-refractivity contribution in [3.63, 3.8) is 0 Å². The predicted octanol–water partition coefficient (Wildman–Crippen LogP) is 2.70. The van der Waals surface area contributed by atoms with Crippen LogP contribution in [0.5, 0.6) is 0 Å². The highest BCUT2D eigenvalue weighted by Gasteiger charge is 2.52. The molecule has 0 bridgehead atoms. The van der Waals surface area contributed by atoms with E-state index in [4.69, 9.17) is 24.4 Å². The number of hydrogen-bond acceptors (Lipinski definition) is 5. The molecule has 0 aromatic rings. The molecule has 0 aromatic carbocycles. The van der Waals surface area contributed by atoms with Crippen molar-refractivity contribution >= 4 is 24.2 Å². The molecule has 0 aliphatic heterocycles. The normalized spacial score (nSPS) is 18.0. The molecule has 2 unspecified atom stereocenters. The Morgan fingerprint density at radius 3 is 1.73 bits per heavy atom. The quantitative estimate of drug-likeness (QED) is 0.490. The van der Waals surface area contributed by atoms with Crippen LogP contribution in [0.4, 0.5) is 0 Å². The molecule has 0 fully saturated rings. The van der Waals surface area contributed by atoms with E-state index in [0.717, 1.165) is 31.5 Å². The summed E-state index contributed by atoms with van der Waals surface area (Å²) in [4.78, 5) is 0. The van der Waals surface area contributed by atoms with E-state index in [-0.39, 0.29) is 0 Å². The zero-order valence-electron chi connectivity index (χ0n) is 15.5. The van der Waals surface area contributed by atoms with Crippen molar-refractivity contribution < 1.29 is 13.0 Å². The van der Waals surface area contributed by atoms with Crippen LogP contribution in [0.1, 0.15) is 26.7 Å². The SMILES string of the molecule is CCO[Si](C)(CCCN)O[Si](C)(C)[Si](C)(CCCN)OCC. The van der Waals surface area contributed by atoms with Gasteiger partial charge >= 0.3 is 8.56 Å². The van der Waals surface area contributed by atoms with Crippen LogP contribution in [-0.4, -0.2) is 50.5 Å². The van der Waals surface area contributed by atoms with Crippen molar-refractivity contribution in [3.05, 3.63) is 0 Å². The maximum absolute atomic E-state index is 6.78. The van der Waals surface area contributed by atoms with Gasteiger partial charge in [-0.25, -0.2) is 0 Å². The minimum atomic E-state index is -2.18. The standard InChI is InChI=1S/C14H38N2O3Si3/c1-7-17-21(5,13-9-11-15)19-20(3,4)22(6,18-8-2)14-10-12-16/h7-16H2,1-6H3. The summed E-state index contributed by atoms with van der Waals surface area (Å²) in [5, 5.41) is 0. The van der Waals surface area contributed by atoms with Gasteiger partial charge in [-0.2, -0.15) is 0 Å². The molecule has 0 aromatic heterocycles. The van der Waals surface area contributed by atoms with E-state index in [1.54, 1.807) is 0 Å². The van der Waals surface area contributed by atoms with E-state index < -0.39 is 24.2 Å². The molecule has 0 rings (SSSR count). The average molecular weight is 367 g/mol. The Morgan fingerprint density at radius 1 is 0.773 bits per heavy atom. The summed E-state index contributed by atoms with van der Waals surface area (Å²) in [5.74, 6) is 0. The van der Waals surface area contributed by atoms with E-state index in [0.29, 0.717) is 19.7 Å². The first-order valence-corrected chi connectivity index (χ1v) is 17.6. The van der Waals surface area contributed by atoms with Gasteiger partial charge in [0.2, 0.25) is 7.83 Å². The molecule has 0 amide bonds. The molecule has 0 heterocycles. The molecular formula is C14H38N2O3Si3. The first kappa shape index (κ1) is 22.5. The van der Waals surface area contributed by atoms with Gasteiger partial charge in [0.05, 0.1) is 0 Å². The molecule has 0 radical (unpaired) electrons. The Hall–Kier alpha value is 0.451. The van der Waals surface area contributed by atoms with Gasteiger partial charge in [0, 0.05) is 13.2 Å². The van der Waals surface area contributed by atoms with Crippen molar-refractivity contribution in [2.45, 2.75) is 65.0 Å². The second kappa shape index (κ2) is 10.3. The molecule has 22 heavy (non-hydrogen) atoms. The van der Waals surface area contributed by atoms with Crippen LogP contribution in [0, 0.1) is 0 Å². The highest BCUT2D eigenvalue weighted by Crippen LogP contribution is 2.31. The molecule has 0 aliphatic rings. The summed E-state index contributed by atoms with van der Waals surface area (Å²) in [5.41, 5.74) is 11.4. The van der Waals surface area contributed by atoms with Crippen molar-refractivity contribution in [1.29, 1.82) is 0 Å². The summed E-state index contributed by atoms with van der Waals surface area (Å²) in [6, 6.07) is 2.03. The Morgan fingerprint density at radius 2 is 1.27 bits per heavy atom. The summed E-state index contributed by atoms with van der Waals surface area (Å²) >= 11 is 0. The summed E-state index contributed by atoms with van der Waals surface area (Å²) in [7, 11) is -6.08. The van der Waals surface area contributed by atoms with Gasteiger partial charge in [0.1, 0.15) is 0 Å². The van der Waals surface area contributed by atoms with Crippen molar-refractivity contribution in [1.82, 2.24) is 0 Å². The monoisotopic (exact) mass is 366 g/mol. The molecule has 134 valence electrons. The molecule has 8 heteroatoms. The van der Waals surface area contributed by atoms with E-state index in [1.165, 1.54) is 0 Å². The van der Waals surface area contributed by atoms with Gasteiger partial charge in [0.25, 0.3) is 0 Å². The molecule has 0 saturated carbocycles. The lowest BCUT2D eigenvalue weighted by Gasteiger charge is -2.44. The third-order valence-electron chi connectivity index (χ3n) is 4.35. The number of hydrogen-bond donors (Lipinski definition) is 2. The van der Waals surface area contributed by atoms with Crippen LogP contribution in [0.25, 0.3) is 0 Å². The first-order valence-electron chi connectivity index (χ1n) is 8.58. The van der Waals surface area contributed by atoms with Crippen molar-refractivity contribution in [2.24, 2.45) is 11.5 Å². The minimum Gasteiger partial charge on any atom is -0.436 e. The second-order valence-corrected chi connectivity index (χ2v) is 23.6. The first-order chi connectivity index (χ1) is 10.2. The van der Waals surface area contributed by atoms with Crippen molar-refractivity contribution in [3.8, 4) is 0 Å². The number of rotatable bonds is 13. The molecule has 0 spiro atoms. The van der Waals surface area contributed by atoms with E-state index in [2.05, 4.69) is 33.1 Å². The summed E-state index contributed by atoms with van der Waals surface area (Å²) < 4.78 is 19.1. The van der Waals surface area contributed by atoms with Crippen LogP contribution in [0.2, 0.25) is 38.3 Å². The topological polar surface area (TPSA) is 79.7 Å². The fraction of sp³-hybridized carbons (Fsp3) is 1.00. The minimum absolute atomic E-state index is 0.689. The van der Waals surface area contributed by atoms with Crippen LogP contribution in [-0.2, 0) is 13.0 Å². The van der Waals surface area contributed by atoms with Crippen LogP contribution in [0.3, 0.4) is 0 Å². The van der Waals surface area contributed by atoms with Gasteiger partial charge in [-0.3, -0.25) is 0 Å². The predicted molar refractivity (Wildman–Crippen MR) is 102 cm³/mol. The Kier molecular flexibility index (Phi) is 10.6. The molecule has 0 aliphatic carbocycles. The third-order valence-corrected chi connectivity index (χ3v) is 24.8. The molecule has 2 atom stereocenters. The fourth-order valence-corrected chi connectivity index (χ4v) is 20.6. The van der Waals surface area contributed by atoms with Crippen molar-refractivity contribution in [2.75, 3.05) is 26.3 Å². The van der Waals surface area contributed by atoms with E-state index in [1.807, 2.05) is 6.92 Å².